The van der Waals surface area contributed by atoms with Crippen molar-refractivity contribution in [3.63, 3.8) is 0 Å². The average Bonchev–Trinajstić information content (AvgIpc) is 3.17. The van der Waals surface area contributed by atoms with Crippen LogP contribution in [0, 0.1) is 5.92 Å². The van der Waals surface area contributed by atoms with Crippen LogP contribution in [0.4, 0.5) is 0 Å². The molecule has 0 aromatic heterocycles. The SMILES string of the molecule is NC(=S)c1cccc(C(=O)N2CCCC2C2CCCC2)c1. The maximum absolute atomic E-state index is 12.8. The molecule has 1 heterocycles. The number of carbonyl (C=O) groups is 1. The van der Waals surface area contributed by atoms with Crippen molar-refractivity contribution >= 4 is 23.1 Å². The van der Waals surface area contributed by atoms with Gasteiger partial charge in [0.2, 0.25) is 0 Å². The average molecular weight is 302 g/mol. The van der Waals surface area contributed by atoms with Crippen molar-refractivity contribution in [2.45, 2.75) is 44.6 Å². The van der Waals surface area contributed by atoms with Crippen molar-refractivity contribution in [2.75, 3.05) is 6.54 Å². The molecule has 2 N–H and O–H groups in total. The number of hydrogen-bond donors (Lipinski definition) is 1. The van der Waals surface area contributed by atoms with E-state index in [0.717, 1.165) is 24.9 Å². The minimum absolute atomic E-state index is 0.141. The van der Waals surface area contributed by atoms with Crippen LogP contribution in [0.5, 0.6) is 0 Å². The molecule has 1 saturated heterocycles. The van der Waals surface area contributed by atoms with Crippen molar-refractivity contribution in [1.29, 1.82) is 0 Å². The number of rotatable bonds is 3. The predicted octanol–water partition coefficient (Wildman–Crippen LogP) is 3.12. The van der Waals surface area contributed by atoms with Gasteiger partial charge in [0.25, 0.3) is 5.91 Å². The molecule has 1 saturated carbocycles. The second kappa shape index (κ2) is 6.14. The van der Waals surface area contributed by atoms with Gasteiger partial charge in [-0.2, -0.15) is 0 Å². The van der Waals surface area contributed by atoms with Gasteiger partial charge in [-0.05, 0) is 43.7 Å². The summed E-state index contributed by atoms with van der Waals surface area (Å²) in [5.41, 5.74) is 7.15. The van der Waals surface area contributed by atoms with Crippen LogP contribution in [-0.4, -0.2) is 28.4 Å². The quantitative estimate of drug-likeness (QED) is 0.873. The van der Waals surface area contributed by atoms with Crippen LogP contribution in [0.25, 0.3) is 0 Å². The largest absolute Gasteiger partial charge is 0.389 e. The molecule has 21 heavy (non-hydrogen) atoms. The van der Waals surface area contributed by atoms with E-state index >= 15 is 0 Å². The zero-order chi connectivity index (χ0) is 14.8. The first-order valence-corrected chi connectivity index (χ1v) is 8.28. The lowest BCUT2D eigenvalue weighted by Gasteiger charge is -2.29. The lowest BCUT2D eigenvalue weighted by atomic mass is 9.95. The van der Waals surface area contributed by atoms with Gasteiger partial charge in [-0.3, -0.25) is 4.79 Å². The van der Waals surface area contributed by atoms with Gasteiger partial charge in [-0.25, -0.2) is 0 Å². The van der Waals surface area contributed by atoms with Gasteiger partial charge >= 0.3 is 0 Å². The molecule has 112 valence electrons. The Labute approximate surface area is 131 Å². The third-order valence-electron chi connectivity index (χ3n) is 4.90. The maximum Gasteiger partial charge on any atom is 0.254 e. The highest BCUT2D eigenvalue weighted by Crippen LogP contribution is 2.36. The van der Waals surface area contributed by atoms with Gasteiger partial charge in [-0.15, -0.1) is 0 Å². The summed E-state index contributed by atoms with van der Waals surface area (Å²) in [5.74, 6) is 0.845. The highest BCUT2D eigenvalue weighted by molar-refractivity contribution is 7.80. The predicted molar refractivity (Wildman–Crippen MR) is 88.3 cm³/mol. The molecule has 1 unspecified atom stereocenters. The first-order valence-electron chi connectivity index (χ1n) is 7.87. The zero-order valence-corrected chi connectivity index (χ0v) is 13.1. The van der Waals surface area contributed by atoms with Crippen molar-refractivity contribution < 1.29 is 4.79 Å². The molecule has 0 spiro atoms. The monoisotopic (exact) mass is 302 g/mol. The Morgan fingerprint density at radius 2 is 1.86 bits per heavy atom. The fraction of sp³-hybridized carbons (Fsp3) is 0.529. The van der Waals surface area contributed by atoms with Crippen LogP contribution in [0.3, 0.4) is 0 Å². The maximum atomic E-state index is 12.8. The first kappa shape index (κ1) is 14.5. The topological polar surface area (TPSA) is 46.3 Å². The number of hydrogen-bond acceptors (Lipinski definition) is 2. The summed E-state index contributed by atoms with van der Waals surface area (Å²) in [5, 5.41) is 0. The molecule has 1 aliphatic carbocycles. The lowest BCUT2D eigenvalue weighted by Crippen LogP contribution is -2.39. The highest BCUT2D eigenvalue weighted by atomic mass is 32.1. The van der Waals surface area contributed by atoms with Crippen molar-refractivity contribution in [1.82, 2.24) is 4.90 Å². The van der Waals surface area contributed by atoms with Gasteiger partial charge in [-0.1, -0.05) is 37.2 Å². The van der Waals surface area contributed by atoms with E-state index in [1.165, 1.54) is 25.7 Å². The molecule has 3 nitrogen and oxygen atoms in total. The molecule has 0 bridgehead atoms. The fourth-order valence-electron chi connectivity index (χ4n) is 3.85. The molecule has 4 heteroatoms. The second-order valence-corrected chi connectivity index (χ2v) is 6.64. The number of amides is 1. The van der Waals surface area contributed by atoms with Crippen LogP contribution in [0.15, 0.2) is 24.3 Å². The van der Waals surface area contributed by atoms with E-state index in [0.29, 0.717) is 22.5 Å². The Balaban J connectivity index is 1.80. The normalized spacial score (nSPS) is 22.7. The standard InChI is InChI=1S/C17H22N2OS/c18-16(21)13-7-3-8-14(11-13)17(20)19-10-4-9-15(19)12-5-1-2-6-12/h3,7-8,11-12,15H,1-2,4-6,9-10H2,(H2,18,21). The molecule has 2 fully saturated rings. The number of nitrogens with two attached hydrogens (primary N) is 1. The fourth-order valence-corrected chi connectivity index (χ4v) is 3.98. The van der Waals surface area contributed by atoms with E-state index in [2.05, 4.69) is 4.90 Å². The summed E-state index contributed by atoms with van der Waals surface area (Å²) in [6.45, 7) is 0.886. The third kappa shape index (κ3) is 2.95. The van der Waals surface area contributed by atoms with E-state index in [4.69, 9.17) is 18.0 Å². The van der Waals surface area contributed by atoms with Gasteiger partial charge < -0.3 is 10.6 Å². The Bertz CT molecular complexity index is 551. The molecular weight excluding hydrogens is 280 g/mol. The van der Waals surface area contributed by atoms with Gasteiger partial charge in [0.05, 0.1) is 0 Å². The van der Waals surface area contributed by atoms with Crippen LogP contribution in [-0.2, 0) is 0 Å². The third-order valence-corrected chi connectivity index (χ3v) is 5.13. The highest BCUT2D eigenvalue weighted by Gasteiger charge is 2.36. The number of thiocarbonyl (C=S) groups is 1. The van der Waals surface area contributed by atoms with Crippen LogP contribution < -0.4 is 5.73 Å². The summed E-state index contributed by atoms with van der Waals surface area (Å²) in [7, 11) is 0. The zero-order valence-electron chi connectivity index (χ0n) is 12.3. The minimum Gasteiger partial charge on any atom is -0.389 e. The molecule has 1 amide bonds. The van der Waals surface area contributed by atoms with Crippen molar-refractivity contribution in [3.8, 4) is 0 Å². The number of benzene rings is 1. The molecule has 2 aliphatic rings. The Kier molecular flexibility index (Phi) is 4.24. The first-order chi connectivity index (χ1) is 10.2. The molecule has 3 rings (SSSR count). The summed E-state index contributed by atoms with van der Waals surface area (Å²) in [6, 6.07) is 7.86. The smallest absolute Gasteiger partial charge is 0.254 e. The minimum atomic E-state index is 0.141. The van der Waals surface area contributed by atoms with Crippen molar-refractivity contribution in [2.24, 2.45) is 11.7 Å². The molecule has 0 radical (unpaired) electrons. The van der Waals surface area contributed by atoms with Crippen molar-refractivity contribution in [3.05, 3.63) is 35.4 Å². The second-order valence-electron chi connectivity index (χ2n) is 6.20. The lowest BCUT2D eigenvalue weighted by molar-refractivity contribution is 0.0689. The summed E-state index contributed by atoms with van der Waals surface area (Å²) < 4.78 is 0. The van der Waals surface area contributed by atoms with Crippen LogP contribution in [0.2, 0.25) is 0 Å². The van der Waals surface area contributed by atoms with E-state index in [9.17, 15) is 4.79 Å². The molecular formula is C17H22N2OS. The number of carbonyl (C=O) groups excluding carboxylic acids is 1. The molecule has 1 atom stereocenters. The number of likely N-dealkylation sites (tertiary alicyclic amines) is 1. The summed E-state index contributed by atoms with van der Waals surface area (Å²) in [6.07, 6.45) is 7.48. The van der Waals surface area contributed by atoms with Gasteiger partial charge in [0.15, 0.2) is 0 Å². The molecule has 1 aliphatic heterocycles. The molecule has 1 aromatic carbocycles. The van der Waals surface area contributed by atoms with Crippen LogP contribution >= 0.6 is 12.2 Å². The molecule has 1 aromatic rings. The Morgan fingerprint density at radius 1 is 1.14 bits per heavy atom. The number of nitrogens with zero attached hydrogens (tertiary/aromatic N) is 1. The van der Waals surface area contributed by atoms with Gasteiger partial charge in [0.1, 0.15) is 4.99 Å². The van der Waals surface area contributed by atoms with Gasteiger partial charge in [0, 0.05) is 23.7 Å². The van der Waals surface area contributed by atoms with E-state index in [-0.39, 0.29) is 5.91 Å². The van der Waals surface area contributed by atoms with E-state index in [1.54, 1.807) is 0 Å². The van der Waals surface area contributed by atoms with E-state index < -0.39 is 0 Å². The van der Waals surface area contributed by atoms with E-state index in [1.807, 2.05) is 24.3 Å². The Hall–Kier alpha value is -1.42. The van der Waals surface area contributed by atoms with Crippen LogP contribution in [0.1, 0.15) is 54.4 Å². The summed E-state index contributed by atoms with van der Waals surface area (Å²) in [4.78, 5) is 15.3. The Morgan fingerprint density at radius 3 is 2.57 bits per heavy atom. The summed E-state index contributed by atoms with van der Waals surface area (Å²) >= 11 is 5.01.